The molecule has 0 spiro atoms. The lowest BCUT2D eigenvalue weighted by Crippen LogP contribution is -2.30. The van der Waals surface area contributed by atoms with Gasteiger partial charge in [0.2, 0.25) is 0 Å². The van der Waals surface area contributed by atoms with Crippen LogP contribution in [-0.2, 0) is 4.79 Å². The highest BCUT2D eigenvalue weighted by molar-refractivity contribution is 7.99. The zero-order valence-corrected chi connectivity index (χ0v) is 14.8. The molecule has 26 heavy (non-hydrogen) atoms. The number of nitro groups is 1. The number of anilines is 1. The van der Waals surface area contributed by atoms with Crippen molar-refractivity contribution in [2.45, 2.75) is 30.6 Å². The second-order valence-corrected chi connectivity index (χ2v) is 6.42. The molecule has 1 amide bonds. The number of amides is 1. The molecule has 0 aliphatic rings. The molecule has 138 valence electrons. The molecule has 6 nitrogen and oxygen atoms in total. The van der Waals surface area contributed by atoms with Gasteiger partial charge >= 0.3 is 0 Å². The van der Waals surface area contributed by atoms with E-state index in [9.17, 15) is 23.7 Å². The van der Waals surface area contributed by atoms with Gasteiger partial charge in [0, 0.05) is 22.2 Å². The topological polar surface area (TPSA) is 81.5 Å². The molecule has 0 aliphatic heterocycles. The summed E-state index contributed by atoms with van der Waals surface area (Å²) < 4.78 is 30.1. The number of alkyl halides is 2. The average Bonchev–Trinajstić information content (AvgIpc) is 2.55. The summed E-state index contributed by atoms with van der Waals surface area (Å²) in [6.45, 7) is 3.11. The fourth-order valence-electron chi connectivity index (χ4n) is 2.13. The Hall–Kier alpha value is -2.68. The van der Waals surface area contributed by atoms with E-state index in [-0.39, 0.29) is 5.69 Å². The Labute approximate surface area is 152 Å². The molecule has 0 saturated heterocycles. The number of nitrogens with zero attached hydrogens (tertiary/aromatic N) is 1. The maximum atomic E-state index is 12.3. The number of halogens is 2. The lowest BCUT2D eigenvalue weighted by molar-refractivity contribution is -0.385. The first-order valence-electron chi connectivity index (χ1n) is 7.53. The molecule has 0 heterocycles. The quantitative estimate of drug-likeness (QED) is 0.429. The summed E-state index contributed by atoms with van der Waals surface area (Å²) in [6.07, 6.45) is -0.856. The Kier molecular flexibility index (Phi) is 6.51. The molecule has 2 aromatic rings. The summed E-state index contributed by atoms with van der Waals surface area (Å²) in [6, 6.07) is 10.2. The van der Waals surface area contributed by atoms with E-state index in [1.54, 1.807) is 6.92 Å². The first-order valence-corrected chi connectivity index (χ1v) is 8.41. The van der Waals surface area contributed by atoms with E-state index >= 15 is 0 Å². The number of carbonyl (C=O) groups is 1. The van der Waals surface area contributed by atoms with Crippen LogP contribution in [0.25, 0.3) is 0 Å². The molecule has 1 atom stereocenters. The minimum absolute atomic E-state index is 0.0313. The van der Waals surface area contributed by atoms with Crippen LogP contribution in [0, 0.1) is 17.0 Å². The molecule has 2 aromatic carbocycles. The Morgan fingerprint density at radius 2 is 1.88 bits per heavy atom. The summed E-state index contributed by atoms with van der Waals surface area (Å²) in [5.41, 5.74) is 0.840. The number of carbonyl (C=O) groups excluding carboxylic acids is 1. The van der Waals surface area contributed by atoms with E-state index < -0.39 is 22.7 Å². The Balaban J connectivity index is 1.97. The molecular weight excluding hydrogens is 366 g/mol. The number of nitro benzene ring substituents is 1. The van der Waals surface area contributed by atoms with Crippen LogP contribution in [0.2, 0.25) is 0 Å². The van der Waals surface area contributed by atoms with Crippen LogP contribution in [0.3, 0.4) is 0 Å². The monoisotopic (exact) mass is 382 g/mol. The van der Waals surface area contributed by atoms with E-state index in [2.05, 4.69) is 5.32 Å². The van der Waals surface area contributed by atoms with Crippen LogP contribution in [0.5, 0.6) is 5.75 Å². The molecule has 0 aromatic heterocycles. The Bertz CT molecular complexity index is 800. The highest BCUT2D eigenvalue weighted by Crippen LogP contribution is 2.26. The summed E-state index contributed by atoms with van der Waals surface area (Å²) in [7, 11) is 0. The van der Waals surface area contributed by atoms with Gasteiger partial charge < -0.3 is 10.1 Å². The van der Waals surface area contributed by atoms with Gasteiger partial charge in [0.1, 0.15) is 5.75 Å². The smallest absolute Gasteiger partial charge is 0.288 e. The predicted octanol–water partition coefficient (Wildman–Crippen LogP) is 4.62. The fourth-order valence-corrected chi connectivity index (χ4v) is 2.63. The SMILES string of the molecule is Cc1cc(O[C@@H](C)C(=O)Nc2ccc(SC(F)F)cc2)ccc1[N+](=O)[O-]. The summed E-state index contributed by atoms with van der Waals surface area (Å²) >= 11 is 0.420. The molecule has 2 rings (SSSR count). The van der Waals surface area contributed by atoms with Crippen molar-refractivity contribution in [2.24, 2.45) is 0 Å². The summed E-state index contributed by atoms with van der Waals surface area (Å²) in [5, 5.41) is 13.4. The summed E-state index contributed by atoms with van der Waals surface area (Å²) in [4.78, 5) is 22.9. The highest BCUT2D eigenvalue weighted by Gasteiger charge is 2.17. The van der Waals surface area contributed by atoms with E-state index in [0.29, 0.717) is 33.7 Å². The molecule has 0 aliphatic carbocycles. The molecular formula is C17H16F2N2O4S. The van der Waals surface area contributed by atoms with Gasteiger partial charge in [0.25, 0.3) is 17.4 Å². The first kappa shape index (κ1) is 19.6. The van der Waals surface area contributed by atoms with Crippen molar-refractivity contribution in [3.05, 3.63) is 58.1 Å². The standard InChI is InChI=1S/C17H16F2N2O4S/c1-10-9-13(5-8-15(10)21(23)24)25-11(2)16(22)20-12-3-6-14(7-4-12)26-17(18)19/h3-9,11,17H,1-2H3,(H,20,22)/t11-/m0/s1. The van der Waals surface area contributed by atoms with Gasteiger partial charge in [0.05, 0.1) is 4.92 Å². The molecule has 0 fully saturated rings. The lowest BCUT2D eigenvalue weighted by Gasteiger charge is -2.15. The van der Waals surface area contributed by atoms with E-state index in [1.165, 1.54) is 49.4 Å². The lowest BCUT2D eigenvalue weighted by atomic mass is 10.2. The fraction of sp³-hybridized carbons (Fsp3) is 0.235. The Morgan fingerprint density at radius 1 is 1.23 bits per heavy atom. The molecule has 0 radical (unpaired) electrons. The van der Waals surface area contributed by atoms with Crippen LogP contribution >= 0.6 is 11.8 Å². The third kappa shape index (κ3) is 5.41. The van der Waals surface area contributed by atoms with E-state index in [4.69, 9.17) is 4.74 Å². The third-order valence-electron chi connectivity index (χ3n) is 3.39. The minimum Gasteiger partial charge on any atom is -0.481 e. The van der Waals surface area contributed by atoms with Gasteiger partial charge in [0.15, 0.2) is 6.10 Å². The van der Waals surface area contributed by atoms with Gasteiger partial charge in [-0.25, -0.2) is 0 Å². The second kappa shape index (κ2) is 8.61. The zero-order valence-electron chi connectivity index (χ0n) is 13.9. The van der Waals surface area contributed by atoms with E-state index in [1.807, 2.05) is 0 Å². The second-order valence-electron chi connectivity index (χ2n) is 5.36. The van der Waals surface area contributed by atoms with Crippen LogP contribution in [0.1, 0.15) is 12.5 Å². The molecule has 1 N–H and O–H groups in total. The maximum Gasteiger partial charge on any atom is 0.288 e. The van der Waals surface area contributed by atoms with Crippen molar-refractivity contribution >= 4 is 29.0 Å². The van der Waals surface area contributed by atoms with Gasteiger partial charge in [-0.1, -0.05) is 11.8 Å². The average molecular weight is 382 g/mol. The molecule has 0 saturated carbocycles. The van der Waals surface area contributed by atoms with Crippen molar-refractivity contribution in [3.8, 4) is 5.75 Å². The summed E-state index contributed by atoms with van der Waals surface area (Å²) in [5.74, 6) is -2.61. The number of rotatable bonds is 7. The van der Waals surface area contributed by atoms with Crippen LogP contribution in [0.15, 0.2) is 47.4 Å². The van der Waals surface area contributed by atoms with Crippen LogP contribution in [-0.4, -0.2) is 22.7 Å². The first-order chi connectivity index (χ1) is 12.3. The number of hydrogen-bond donors (Lipinski definition) is 1. The van der Waals surface area contributed by atoms with Gasteiger partial charge in [-0.3, -0.25) is 14.9 Å². The number of benzene rings is 2. The van der Waals surface area contributed by atoms with Crippen molar-refractivity contribution in [1.82, 2.24) is 0 Å². The number of aryl methyl sites for hydroxylation is 1. The van der Waals surface area contributed by atoms with Gasteiger partial charge in [-0.15, -0.1) is 0 Å². The Morgan fingerprint density at radius 3 is 2.42 bits per heavy atom. The third-order valence-corrected chi connectivity index (χ3v) is 4.12. The number of ether oxygens (including phenoxy) is 1. The van der Waals surface area contributed by atoms with Gasteiger partial charge in [-0.2, -0.15) is 8.78 Å². The largest absolute Gasteiger partial charge is 0.481 e. The normalized spacial score (nSPS) is 11.9. The van der Waals surface area contributed by atoms with Crippen molar-refractivity contribution < 1.29 is 23.2 Å². The molecule has 0 unspecified atom stereocenters. The number of nitrogens with one attached hydrogen (secondary N) is 1. The minimum atomic E-state index is -2.51. The van der Waals surface area contributed by atoms with Crippen molar-refractivity contribution in [1.29, 1.82) is 0 Å². The zero-order chi connectivity index (χ0) is 19.3. The predicted molar refractivity (Wildman–Crippen MR) is 94.9 cm³/mol. The molecule has 9 heteroatoms. The van der Waals surface area contributed by atoms with Crippen molar-refractivity contribution in [3.63, 3.8) is 0 Å². The molecule has 0 bridgehead atoms. The maximum absolute atomic E-state index is 12.3. The van der Waals surface area contributed by atoms with Crippen LogP contribution in [0.4, 0.5) is 20.2 Å². The number of hydrogen-bond acceptors (Lipinski definition) is 5. The van der Waals surface area contributed by atoms with Crippen LogP contribution < -0.4 is 10.1 Å². The van der Waals surface area contributed by atoms with Crippen molar-refractivity contribution in [2.75, 3.05) is 5.32 Å². The van der Waals surface area contributed by atoms with E-state index in [0.717, 1.165) is 0 Å². The number of thioether (sulfide) groups is 1. The highest BCUT2D eigenvalue weighted by atomic mass is 32.2. The van der Waals surface area contributed by atoms with Gasteiger partial charge in [-0.05, 0) is 50.2 Å².